The number of thiocarbonyl (C=S) groups is 1. The van der Waals surface area contributed by atoms with E-state index in [0.717, 1.165) is 6.07 Å². The van der Waals surface area contributed by atoms with Gasteiger partial charge in [0.1, 0.15) is 17.3 Å². The van der Waals surface area contributed by atoms with Gasteiger partial charge in [-0.2, -0.15) is 18.2 Å². The lowest BCUT2D eigenvalue weighted by Crippen LogP contribution is -2.50. The number of nitrogens with zero attached hydrogens (tertiary/aromatic N) is 4. The fraction of sp³-hybridized carbons (Fsp3) is 0.353. The van der Waals surface area contributed by atoms with Crippen molar-refractivity contribution in [3.8, 4) is 5.88 Å². The van der Waals surface area contributed by atoms with Gasteiger partial charge >= 0.3 is 6.18 Å². The minimum Gasteiger partial charge on any atom is -0.481 e. The Kier molecular flexibility index (Phi) is 5.64. The lowest BCUT2D eigenvalue weighted by Gasteiger charge is -2.36. The predicted octanol–water partition coefficient (Wildman–Crippen LogP) is 3.02. The highest BCUT2D eigenvalue weighted by molar-refractivity contribution is 7.80. The summed E-state index contributed by atoms with van der Waals surface area (Å²) in [6.45, 7) is 2.16. The zero-order chi connectivity index (χ0) is 19.4. The fourth-order valence-electron chi connectivity index (χ4n) is 2.68. The van der Waals surface area contributed by atoms with Crippen molar-refractivity contribution in [1.29, 1.82) is 0 Å². The van der Waals surface area contributed by atoms with Gasteiger partial charge in [-0.25, -0.2) is 4.98 Å². The molecule has 3 rings (SSSR count). The lowest BCUT2D eigenvalue weighted by atomic mass is 10.3. The van der Waals surface area contributed by atoms with E-state index in [1.807, 2.05) is 9.80 Å². The van der Waals surface area contributed by atoms with E-state index in [9.17, 15) is 13.2 Å². The number of halogens is 3. The largest absolute Gasteiger partial charge is 0.481 e. The molecule has 1 fully saturated rings. The maximum absolute atomic E-state index is 12.8. The first kappa shape index (κ1) is 19.2. The monoisotopic (exact) mass is 397 g/mol. The molecule has 0 amide bonds. The molecular formula is C17H18F3N5OS. The number of anilines is 2. The van der Waals surface area contributed by atoms with E-state index in [1.54, 1.807) is 24.3 Å². The first-order valence-corrected chi connectivity index (χ1v) is 8.64. The van der Waals surface area contributed by atoms with Crippen molar-refractivity contribution in [2.24, 2.45) is 0 Å². The molecule has 144 valence electrons. The number of aromatic nitrogens is 2. The van der Waals surface area contributed by atoms with Gasteiger partial charge in [0, 0.05) is 32.2 Å². The van der Waals surface area contributed by atoms with Crippen LogP contribution in [0.3, 0.4) is 0 Å². The van der Waals surface area contributed by atoms with Gasteiger partial charge in [0.25, 0.3) is 0 Å². The van der Waals surface area contributed by atoms with E-state index in [0.29, 0.717) is 48.8 Å². The summed E-state index contributed by atoms with van der Waals surface area (Å²) < 4.78 is 43.6. The molecule has 0 aromatic carbocycles. The molecule has 2 aromatic rings. The van der Waals surface area contributed by atoms with Crippen LogP contribution in [0.25, 0.3) is 0 Å². The van der Waals surface area contributed by atoms with Gasteiger partial charge in [-0.15, -0.1) is 0 Å². The maximum Gasteiger partial charge on any atom is 0.433 e. The Morgan fingerprint density at radius 1 is 1.07 bits per heavy atom. The van der Waals surface area contributed by atoms with Gasteiger partial charge in [0.05, 0.1) is 7.11 Å². The Balaban J connectivity index is 1.59. The molecule has 0 saturated carbocycles. The summed E-state index contributed by atoms with van der Waals surface area (Å²) in [7, 11) is 1.53. The molecule has 3 heterocycles. The molecule has 1 aliphatic heterocycles. The number of hydrogen-bond donors (Lipinski definition) is 1. The number of pyridine rings is 2. The molecular weight excluding hydrogens is 379 g/mol. The molecule has 0 aliphatic carbocycles. The van der Waals surface area contributed by atoms with Gasteiger partial charge in [-0.3, -0.25) is 0 Å². The Labute approximate surface area is 160 Å². The summed E-state index contributed by atoms with van der Waals surface area (Å²) >= 11 is 5.41. The molecule has 1 N–H and O–H groups in total. The highest BCUT2D eigenvalue weighted by Gasteiger charge is 2.33. The topological polar surface area (TPSA) is 53.5 Å². The molecule has 0 spiro atoms. The second kappa shape index (κ2) is 7.95. The van der Waals surface area contributed by atoms with Crippen LogP contribution in [-0.2, 0) is 6.18 Å². The second-order valence-electron chi connectivity index (χ2n) is 5.85. The van der Waals surface area contributed by atoms with Crippen molar-refractivity contribution in [1.82, 2.24) is 14.9 Å². The van der Waals surface area contributed by atoms with Gasteiger partial charge in [0.2, 0.25) is 5.88 Å². The maximum atomic E-state index is 12.8. The van der Waals surface area contributed by atoms with Crippen molar-refractivity contribution < 1.29 is 17.9 Å². The standard InChI is InChI=1S/C17H18F3N5OS/c1-26-15-7-3-5-13(22-15)23-16(27)25-10-8-24(9-11-25)14-6-2-4-12(21-14)17(18,19)20/h2-7H,8-11H2,1H3,(H,22,23,27). The fourth-order valence-corrected chi connectivity index (χ4v) is 2.97. The Hall–Kier alpha value is -2.62. The summed E-state index contributed by atoms with van der Waals surface area (Å²) in [4.78, 5) is 11.7. The Morgan fingerprint density at radius 2 is 1.78 bits per heavy atom. The van der Waals surface area contributed by atoms with E-state index >= 15 is 0 Å². The van der Waals surface area contributed by atoms with E-state index in [-0.39, 0.29) is 0 Å². The molecule has 1 aliphatic rings. The van der Waals surface area contributed by atoms with Gasteiger partial charge in [0.15, 0.2) is 5.11 Å². The Morgan fingerprint density at radius 3 is 2.44 bits per heavy atom. The molecule has 1 saturated heterocycles. The summed E-state index contributed by atoms with van der Waals surface area (Å²) in [5.41, 5.74) is -0.885. The Bertz CT molecular complexity index is 809. The van der Waals surface area contributed by atoms with E-state index in [4.69, 9.17) is 17.0 Å². The van der Waals surface area contributed by atoms with Crippen molar-refractivity contribution in [2.45, 2.75) is 6.18 Å². The summed E-state index contributed by atoms with van der Waals surface area (Å²) in [5.74, 6) is 1.36. The number of alkyl halides is 3. The third-order valence-corrected chi connectivity index (χ3v) is 4.44. The van der Waals surface area contributed by atoms with Crippen LogP contribution in [0.1, 0.15) is 5.69 Å². The average Bonchev–Trinajstić information content (AvgIpc) is 2.67. The third kappa shape index (κ3) is 4.76. The number of methoxy groups -OCH3 is 1. The van der Waals surface area contributed by atoms with E-state index < -0.39 is 11.9 Å². The minimum absolute atomic E-state index is 0.317. The van der Waals surface area contributed by atoms with Crippen molar-refractivity contribution >= 4 is 29.0 Å². The van der Waals surface area contributed by atoms with Crippen LogP contribution in [0.4, 0.5) is 24.8 Å². The normalized spacial score (nSPS) is 14.8. The smallest absolute Gasteiger partial charge is 0.433 e. The number of nitrogens with one attached hydrogen (secondary N) is 1. The quantitative estimate of drug-likeness (QED) is 0.799. The number of rotatable bonds is 3. The van der Waals surface area contributed by atoms with Crippen LogP contribution in [0, 0.1) is 0 Å². The third-order valence-electron chi connectivity index (χ3n) is 4.08. The second-order valence-corrected chi connectivity index (χ2v) is 6.23. The highest BCUT2D eigenvalue weighted by atomic mass is 32.1. The van der Waals surface area contributed by atoms with Gasteiger partial charge in [-0.05, 0) is 30.4 Å². The summed E-state index contributed by atoms with van der Waals surface area (Å²) in [6.07, 6.45) is -4.45. The minimum atomic E-state index is -4.45. The van der Waals surface area contributed by atoms with E-state index in [2.05, 4.69) is 15.3 Å². The highest BCUT2D eigenvalue weighted by Crippen LogP contribution is 2.29. The van der Waals surface area contributed by atoms with Crippen LogP contribution in [-0.4, -0.2) is 53.3 Å². The van der Waals surface area contributed by atoms with Crippen LogP contribution in [0.2, 0.25) is 0 Å². The molecule has 2 aromatic heterocycles. The van der Waals surface area contributed by atoms with Crippen molar-refractivity contribution in [3.05, 3.63) is 42.1 Å². The van der Waals surface area contributed by atoms with Crippen LogP contribution >= 0.6 is 12.2 Å². The molecule has 6 nitrogen and oxygen atoms in total. The SMILES string of the molecule is COc1cccc(NC(=S)N2CCN(c3cccc(C(F)(F)F)n3)CC2)n1. The van der Waals surface area contributed by atoms with Crippen LogP contribution in [0.5, 0.6) is 5.88 Å². The van der Waals surface area contributed by atoms with E-state index in [1.165, 1.54) is 13.2 Å². The number of piperazine rings is 1. The molecule has 27 heavy (non-hydrogen) atoms. The van der Waals surface area contributed by atoms with Gasteiger partial charge in [-0.1, -0.05) is 12.1 Å². The van der Waals surface area contributed by atoms with Crippen LogP contribution in [0.15, 0.2) is 36.4 Å². The van der Waals surface area contributed by atoms with Crippen molar-refractivity contribution in [2.75, 3.05) is 43.5 Å². The summed E-state index contributed by atoms with van der Waals surface area (Å²) in [5, 5.41) is 3.56. The zero-order valence-corrected chi connectivity index (χ0v) is 15.3. The van der Waals surface area contributed by atoms with Crippen LogP contribution < -0.4 is 15.0 Å². The van der Waals surface area contributed by atoms with Gasteiger partial charge < -0.3 is 19.9 Å². The summed E-state index contributed by atoms with van der Waals surface area (Å²) in [6, 6.07) is 9.24. The molecule has 0 radical (unpaired) electrons. The number of hydrogen-bond acceptors (Lipinski definition) is 5. The predicted molar refractivity (Wildman–Crippen MR) is 100 cm³/mol. The average molecular weight is 397 g/mol. The first-order valence-electron chi connectivity index (χ1n) is 8.23. The lowest BCUT2D eigenvalue weighted by molar-refractivity contribution is -0.141. The molecule has 0 bridgehead atoms. The number of ether oxygens (including phenoxy) is 1. The molecule has 10 heteroatoms. The zero-order valence-electron chi connectivity index (χ0n) is 14.5. The molecule has 0 atom stereocenters. The molecule has 0 unspecified atom stereocenters. The first-order chi connectivity index (χ1) is 12.9. The van der Waals surface area contributed by atoms with Crippen molar-refractivity contribution in [3.63, 3.8) is 0 Å².